The molecule has 1 heterocycles. The molecule has 0 radical (unpaired) electrons. The number of ether oxygens (including phenoxy) is 2. The van der Waals surface area contributed by atoms with E-state index in [1.165, 1.54) is 22.5 Å². The van der Waals surface area contributed by atoms with Gasteiger partial charge >= 0.3 is 0 Å². The van der Waals surface area contributed by atoms with Gasteiger partial charge in [0.2, 0.25) is 11.0 Å². The van der Waals surface area contributed by atoms with Crippen LogP contribution in [0.5, 0.6) is 5.75 Å². The Balaban J connectivity index is 1.71. The first-order valence-electron chi connectivity index (χ1n) is 8.34. The van der Waals surface area contributed by atoms with Gasteiger partial charge in [-0.05, 0) is 42.5 Å². The van der Waals surface area contributed by atoms with Crippen molar-refractivity contribution < 1.29 is 14.3 Å². The van der Waals surface area contributed by atoms with Crippen molar-refractivity contribution in [2.24, 2.45) is 0 Å². The minimum Gasteiger partial charge on any atom is -0.494 e. The first kappa shape index (κ1) is 19.3. The minimum absolute atomic E-state index is 0.0879. The predicted octanol–water partition coefficient (Wildman–Crippen LogP) is 3.91. The van der Waals surface area contributed by atoms with Crippen molar-refractivity contribution in [3.05, 3.63) is 34.3 Å². The van der Waals surface area contributed by atoms with Gasteiger partial charge in [0.1, 0.15) is 17.4 Å². The fourth-order valence-electron chi connectivity index (χ4n) is 2.48. The van der Waals surface area contributed by atoms with E-state index in [-0.39, 0.29) is 5.91 Å². The third-order valence-corrected chi connectivity index (χ3v) is 4.47. The van der Waals surface area contributed by atoms with Crippen LogP contribution < -0.4 is 10.1 Å². The van der Waals surface area contributed by atoms with Crippen LogP contribution in [0.25, 0.3) is 0 Å². The van der Waals surface area contributed by atoms with Crippen molar-refractivity contribution in [2.45, 2.75) is 46.1 Å². The zero-order chi connectivity index (χ0) is 18.2. The monoisotopic (exact) mass is 363 g/mol. The van der Waals surface area contributed by atoms with Crippen LogP contribution in [-0.2, 0) is 16.1 Å². The van der Waals surface area contributed by atoms with E-state index in [4.69, 9.17) is 9.47 Å². The average molecular weight is 363 g/mol. The second-order valence-electron chi connectivity index (χ2n) is 6.11. The summed E-state index contributed by atoms with van der Waals surface area (Å²) in [5.41, 5.74) is 2.56. The van der Waals surface area contributed by atoms with Gasteiger partial charge < -0.3 is 14.8 Å². The van der Waals surface area contributed by atoms with Crippen LogP contribution >= 0.6 is 11.3 Å². The van der Waals surface area contributed by atoms with Crippen LogP contribution in [-0.4, -0.2) is 29.8 Å². The molecule has 7 heteroatoms. The molecule has 25 heavy (non-hydrogen) atoms. The highest BCUT2D eigenvalue weighted by molar-refractivity contribution is 7.15. The van der Waals surface area contributed by atoms with E-state index in [9.17, 15) is 4.79 Å². The summed E-state index contributed by atoms with van der Waals surface area (Å²) in [5.74, 6) is 1.26. The second-order valence-corrected chi connectivity index (χ2v) is 7.17. The van der Waals surface area contributed by atoms with E-state index in [2.05, 4.69) is 42.4 Å². The third kappa shape index (κ3) is 6.10. The molecule has 2 rings (SSSR count). The number of amides is 1. The van der Waals surface area contributed by atoms with Gasteiger partial charge in [0, 0.05) is 13.5 Å². The molecule has 0 aliphatic carbocycles. The van der Waals surface area contributed by atoms with Crippen molar-refractivity contribution in [3.8, 4) is 5.75 Å². The van der Waals surface area contributed by atoms with Gasteiger partial charge in [0.25, 0.3) is 0 Å². The summed E-state index contributed by atoms with van der Waals surface area (Å²) in [6.07, 6.45) is 1.02. The number of methoxy groups -OCH3 is 1. The zero-order valence-electron chi connectivity index (χ0n) is 15.2. The van der Waals surface area contributed by atoms with Crippen LogP contribution in [0, 0.1) is 6.92 Å². The SMILES string of the molecule is COCc1nnc(NC(=O)CCCOc2ccc(C(C)C)c(C)c2)s1. The summed E-state index contributed by atoms with van der Waals surface area (Å²) in [6.45, 7) is 7.35. The number of benzene rings is 1. The number of carbonyl (C=O) groups excluding carboxylic acids is 1. The molecule has 0 bridgehead atoms. The Bertz CT molecular complexity index is 701. The number of nitrogens with zero attached hydrogens (tertiary/aromatic N) is 2. The van der Waals surface area contributed by atoms with Gasteiger partial charge in [0.05, 0.1) is 6.61 Å². The van der Waals surface area contributed by atoms with Crippen molar-refractivity contribution in [1.29, 1.82) is 0 Å². The first-order valence-corrected chi connectivity index (χ1v) is 9.15. The molecule has 0 saturated heterocycles. The molecule has 0 saturated carbocycles. The lowest BCUT2D eigenvalue weighted by molar-refractivity contribution is -0.116. The smallest absolute Gasteiger partial charge is 0.226 e. The second kappa shape index (κ2) is 9.48. The third-order valence-electron chi connectivity index (χ3n) is 3.66. The van der Waals surface area contributed by atoms with E-state index >= 15 is 0 Å². The summed E-state index contributed by atoms with van der Waals surface area (Å²) in [7, 11) is 1.59. The van der Waals surface area contributed by atoms with Gasteiger partial charge in [-0.2, -0.15) is 0 Å². The van der Waals surface area contributed by atoms with Gasteiger partial charge in [-0.25, -0.2) is 0 Å². The highest BCUT2D eigenvalue weighted by atomic mass is 32.1. The Hall–Kier alpha value is -1.99. The molecule has 0 fully saturated rings. The molecule has 136 valence electrons. The van der Waals surface area contributed by atoms with Gasteiger partial charge in [0.15, 0.2) is 0 Å². The Kier molecular flexibility index (Phi) is 7.33. The van der Waals surface area contributed by atoms with Crippen LogP contribution in [0.4, 0.5) is 5.13 Å². The van der Waals surface area contributed by atoms with E-state index in [0.717, 1.165) is 10.8 Å². The normalized spacial score (nSPS) is 10.9. The Morgan fingerprint density at radius 2 is 2.12 bits per heavy atom. The van der Waals surface area contributed by atoms with E-state index < -0.39 is 0 Å². The summed E-state index contributed by atoms with van der Waals surface area (Å²) >= 11 is 1.32. The van der Waals surface area contributed by atoms with Crippen LogP contribution in [0.3, 0.4) is 0 Å². The maximum absolute atomic E-state index is 11.9. The molecule has 1 aromatic heterocycles. The molecule has 0 unspecified atom stereocenters. The molecule has 1 aromatic carbocycles. The zero-order valence-corrected chi connectivity index (χ0v) is 16.0. The van der Waals surface area contributed by atoms with Crippen molar-refractivity contribution in [1.82, 2.24) is 10.2 Å². The molecule has 2 aromatic rings. The lowest BCUT2D eigenvalue weighted by atomic mass is 9.98. The summed E-state index contributed by atoms with van der Waals surface area (Å²) in [4.78, 5) is 11.9. The lowest BCUT2D eigenvalue weighted by Crippen LogP contribution is -2.12. The summed E-state index contributed by atoms with van der Waals surface area (Å²) in [6, 6.07) is 6.14. The van der Waals surface area contributed by atoms with Crippen LogP contribution in [0.1, 0.15) is 48.7 Å². The molecule has 1 amide bonds. The van der Waals surface area contributed by atoms with Crippen molar-refractivity contribution in [3.63, 3.8) is 0 Å². The van der Waals surface area contributed by atoms with Crippen molar-refractivity contribution in [2.75, 3.05) is 19.0 Å². The molecular formula is C18H25N3O3S. The number of rotatable bonds is 9. The molecule has 1 N–H and O–H groups in total. The number of nitrogens with one attached hydrogen (secondary N) is 1. The molecule has 6 nitrogen and oxygen atoms in total. The minimum atomic E-state index is -0.0879. The van der Waals surface area contributed by atoms with E-state index in [1.54, 1.807) is 7.11 Å². The van der Waals surface area contributed by atoms with Gasteiger partial charge in [-0.3, -0.25) is 4.79 Å². The standard InChI is InChI=1S/C18H25N3O3S/c1-12(2)15-8-7-14(10-13(15)3)24-9-5-6-16(22)19-18-21-20-17(25-18)11-23-4/h7-8,10,12H,5-6,9,11H2,1-4H3,(H,19,21,22). The lowest BCUT2D eigenvalue weighted by Gasteiger charge is -2.12. The van der Waals surface area contributed by atoms with Crippen LogP contribution in [0.15, 0.2) is 18.2 Å². The number of aromatic nitrogens is 2. The van der Waals surface area contributed by atoms with Gasteiger partial charge in [-0.1, -0.05) is 31.3 Å². The summed E-state index contributed by atoms with van der Waals surface area (Å²) in [5, 5.41) is 11.8. The Labute approximate surface area is 152 Å². The topological polar surface area (TPSA) is 73.3 Å². The number of hydrogen-bond acceptors (Lipinski definition) is 6. The van der Waals surface area contributed by atoms with E-state index in [1.807, 2.05) is 12.1 Å². The molecule has 0 spiro atoms. The number of carbonyl (C=O) groups is 1. The predicted molar refractivity (Wildman–Crippen MR) is 99.2 cm³/mol. The molecule has 0 aliphatic heterocycles. The average Bonchev–Trinajstić information content (AvgIpc) is 2.98. The molecular weight excluding hydrogens is 338 g/mol. The molecule has 0 atom stereocenters. The highest BCUT2D eigenvalue weighted by Gasteiger charge is 2.09. The summed E-state index contributed by atoms with van der Waals surface area (Å²) < 4.78 is 10.7. The first-order chi connectivity index (χ1) is 12.0. The Morgan fingerprint density at radius 3 is 2.80 bits per heavy atom. The number of hydrogen-bond donors (Lipinski definition) is 1. The highest BCUT2D eigenvalue weighted by Crippen LogP contribution is 2.23. The quantitative estimate of drug-likeness (QED) is 0.684. The largest absolute Gasteiger partial charge is 0.494 e. The van der Waals surface area contributed by atoms with Crippen molar-refractivity contribution >= 4 is 22.4 Å². The maximum atomic E-state index is 11.9. The fraction of sp³-hybridized carbons (Fsp3) is 0.500. The van der Waals surface area contributed by atoms with E-state index in [0.29, 0.717) is 37.1 Å². The molecule has 0 aliphatic rings. The van der Waals surface area contributed by atoms with Crippen LogP contribution in [0.2, 0.25) is 0 Å². The fourth-order valence-corrected chi connectivity index (χ4v) is 3.20. The number of aryl methyl sites for hydroxylation is 1. The maximum Gasteiger partial charge on any atom is 0.226 e. The van der Waals surface area contributed by atoms with Gasteiger partial charge in [-0.15, -0.1) is 10.2 Å². The Morgan fingerprint density at radius 1 is 1.32 bits per heavy atom. The number of anilines is 1.